The summed E-state index contributed by atoms with van der Waals surface area (Å²) in [5, 5.41) is 38.5. The van der Waals surface area contributed by atoms with Gasteiger partial charge in [-0.3, -0.25) is 4.79 Å². The highest BCUT2D eigenvalue weighted by Gasteiger charge is 2.45. The molecule has 3 rings (SSSR count). The minimum atomic E-state index is -1.47. The Morgan fingerprint density at radius 3 is 2.68 bits per heavy atom. The molecule has 1 aliphatic carbocycles. The van der Waals surface area contributed by atoms with E-state index < -0.39 is 43.4 Å². The van der Waals surface area contributed by atoms with Crippen LogP contribution in [0.5, 0.6) is 0 Å². The highest BCUT2D eigenvalue weighted by Crippen LogP contribution is 2.33. The van der Waals surface area contributed by atoms with Gasteiger partial charge in [0.25, 0.3) is 0 Å². The predicted octanol–water partition coefficient (Wildman–Crippen LogP) is -1.94. The minimum absolute atomic E-state index is 0.0437. The van der Waals surface area contributed by atoms with E-state index in [1.807, 2.05) is 6.08 Å². The number of fused-ring (bicyclic) bond motifs is 1. The molecule has 0 amide bonds. The maximum atomic E-state index is 11.3. The van der Waals surface area contributed by atoms with Gasteiger partial charge in [-0.2, -0.15) is 0 Å². The number of hydrogen-bond acceptors (Lipinski definition) is 8. The van der Waals surface area contributed by atoms with Crippen LogP contribution >= 0.6 is 0 Å². The van der Waals surface area contributed by atoms with Crippen LogP contribution in [0, 0.1) is 5.92 Å². The van der Waals surface area contributed by atoms with E-state index in [-0.39, 0.29) is 18.0 Å². The average Bonchev–Trinajstić information content (AvgIpc) is 2.87. The quantitative estimate of drug-likeness (QED) is 0.350. The first-order valence-electron chi connectivity index (χ1n) is 7.33. The van der Waals surface area contributed by atoms with Crippen LogP contribution in [0.3, 0.4) is 0 Å². The zero-order valence-corrected chi connectivity index (χ0v) is 11.8. The van der Waals surface area contributed by atoms with Crippen molar-refractivity contribution in [3.63, 3.8) is 0 Å². The Morgan fingerprint density at radius 1 is 1.18 bits per heavy atom. The number of aliphatic hydroxyl groups is 4. The highest BCUT2D eigenvalue weighted by atomic mass is 16.7. The summed E-state index contributed by atoms with van der Waals surface area (Å²) in [4.78, 5) is 11.3. The van der Waals surface area contributed by atoms with Gasteiger partial charge >= 0.3 is 5.97 Å². The van der Waals surface area contributed by atoms with E-state index in [4.69, 9.17) is 19.3 Å². The van der Waals surface area contributed by atoms with E-state index in [2.05, 4.69) is 0 Å². The molecule has 2 saturated heterocycles. The van der Waals surface area contributed by atoms with Crippen LogP contribution in [-0.4, -0.2) is 75.9 Å². The number of esters is 1. The monoisotopic (exact) mass is 316 g/mol. The van der Waals surface area contributed by atoms with Crippen LogP contribution in [0.4, 0.5) is 0 Å². The van der Waals surface area contributed by atoms with Crippen LogP contribution in [-0.2, 0) is 19.0 Å². The minimum Gasteiger partial charge on any atom is -0.462 e. The summed E-state index contributed by atoms with van der Waals surface area (Å²) >= 11 is 0. The molecular formula is C14H20O8. The number of ether oxygens (including phenoxy) is 3. The Morgan fingerprint density at radius 2 is 1.95 bits per heavy atom. The van der Waals surface area contributed by atoms with Crippen molar-refractivity contribution >= 4 is 5.97 Å². The fourth-order valence-electron chi connectivity index (χ4n) is 3.07. The van der Waals surface area contributed by atoms with Gasteiger partial charge in [0.15, 0.2) is 6.29 Å². The smallest absolute Gasteiger partial charge is 0.306 e. The molecule has 22 heavy (non-hydrogen) atoms. The second-order valence-electron chi connectivity index (χ2n) is 5.89. The van der Waals surface area contributed by atoms with Gasteiger partial charge in [0, 0.05) is 12.3 Å². The number of carbonyl (C=O) groups is 1. The molecular weight excluding hydrogens is 296 g/mol. The third kappa shape index (κ3) is 2.90. The molecule has 8 heteroatoms. The first-order chi connectivity index (χ1) is 10.5. The highest BCUT2D eigenvalue weighted by molar-refractivity contribution is 5.72. The number of aliphatic hydroxyl groups excluding tert-OH is 4. The fourth-order valence-corrected chi connectivity index (χ4v) is 3.07. The zero-order chi connectivity index (χ0) is 15.9. The van der Waals surface area contributed by atoms with E-state index in [1.165, 1.54) is 0 Å². The second-order valence-corrected chi connectivity index (χ2v) is 5.89. The molecule has 0 saturated carbocycles. The average molecular weight is 316 g/mol. The largest absolute Gasteiger partial charge is 0.462 e. The van der Waals surface area contributed by atoms with E-state index >= 15 is 0 Å². The lowest BCUT2D eigenvalue weighted by molar-refractivity contribution is -0.309. The van der Waals surface area contributed by atoms with E-state index in [9.17, 15) is 20.1 Å². The van der Waals surface area contributed by atoms with Crippen LogP contribution in [0.25, 0.3) is 0 Å². The first-order valence-corrected chi connectivity index (χ1v) is 7.33. The van der Waals surface area contributed by atoms with Crippen molar-refractivity contribution in [2.75, 3.05) is 6.61 Å². The molecule has 4 N–H and O–H groups in total. The lowest BCUT2D eigenvalue weighted by Gasteiger charge is -2.41. The van der Waals surface area contributed by atoms with Gasteiger partial charge in [0.1, 0.15) is 30.5 Å². The van der Waals surface area contributed by atoms with Gasteiger partial charge in [-0.05, 0) is 0 Å². The van der Waals surface area contributed by atoms with Crippen LogP contribution in [0.2, 0.25) is 0 Å². The molecule has 3 aliphatic rings. The molecule has 2 fully saturated rings. The molecule has 0 unspecified atom stereocenters. The lowest BCUT2D eigenvalue weighted by atomic mass is 9.90. The van der Waals surface area contributed by atoms with Crippen molar-refractivity contribution in [3.05, 3.63) is 12.2 Å². The summed E-state index contributed by atoms with van der Waals surface area (Å²) in [6.07, 6.45) is -2.82. The van der Waals surface area contributed by atoms with Crippen molar-refractivity contribution in [2.45, 2.75) is 55.8 Å². The van der Waals surface area contributed by atoms with Crippen LogP contribution < -0.4 is 0 Å². The van der Waals surface area contributed by atoms with E-state index in [0.29, 0.717) is 12.8 Å². The third-order valence-corrected chi connectivity index (χ3v) is 4.36. The predicted molar refractivity (Wildman–Crippen MR) is 70.4 cm³/mol. The summed E-state index contributed by atoms with van der Waals surface area (Å²) in [5.41, 5.74) is 0. The number of carbonyl (C=O) groups excluding carboxylic acids is 1. The van der Waals surface area contributed by atoms with Crippen molar-refractivity contribution in [1.29, 1.82) is 0 Å². The second kappa shape index (κ2) is 6.23. The maximum Gasteiger partial charge on any atom is 0.306 e. The summed E-state index contributed by atoms with van der Waals surface area (Å²) in [6.45, 7) is -0.506. The molecule has 0 aromatic carbocycles. The number of rotatable bonds is 3. The third-order valence-electron chi connectivity index (χ3n) is 4.36. The zero-order valence-electron chi connectivity index (χ0n) is 11.8. The standard InChI is InChI=1S/C14H20O8/c15-5-9-11(17)12(18)13(19)14(22-9)20-7-2-1-6-3-10(16)21-8(6)4-7/h1-2,6-9,11-15,17-19H,3-5H2/t6-,7+,8-,9-,11-,12+,13-,14-/m1/s1. The van der Waals surface area contributed by atoms with Gasteiger partial charge in [0.05, 0.1) is 19.1 Å². The molecule has 124 valence electrons. The molecule has 8 atom stereocenters. The SMILES string of the molecule is O=C1C[C@H]2C=C[C@H](O[C@@H]3O[C@H](CO)[C@@H](O)[C@H](O)[C@H]3O)C[C@H]2O1. The summed E-state index contributed by atoms with van der Waals surface area (Å²) in [5.74, 6) is -0.199. The van der Waals surface area contributed by atoms with Gasteiger partial charge in [0.2, 0.25) is 0 Å². The molecule has 0 aromatic heterocycles. The van der Waals surface area contributed by atoms with Crippen LogP contribution in [0.15, 0.2) is 12.2 Å². The molecule has 8 nitrogen and oxygen atoms in total. The van der Waals surface area contributed by atoms with Gasteiger partial charge in [-0.15, -0.1) is 0 Å². The molecule has 0 radical (unpaired) electrons. The fraction of sp³-hybridized carbons (Fsp3) is 0.786. The summed E-state index contributed by atoms with van der Waals surface area (Å²) in [7, 11) is 0. The lowest BCUT2D eigenvalue weighted by Crippen LogP contribution is -2.59. The first kappa shape index (κ1) is 15.9. The molecule has 0 spiro atoms. The number of hydrogen-bond donors (Lipinski definition) is 4. The van der Waals surface area contributed by atoms with Gasteiger partial charge in [-0.1, -0.05) is 12.2 Å². The Kier molecular flexibility index (Phi) is 4.49. The van der Waals surface area contributed by atoms with Gasteiger partial charge in [-0.25, -0.2) is 0 Å². The van der Waals surface area contributed by atoms with Crippen molar-refractivity contribution in [1.82, 2.24) is 0 Å². The van der Waals surface area contributed by atoms with E-state index in [0.717, 1.165) is 0 Å². The molecule has 2 aliphatic heterocycles. The van der Waals surface area contributed by atoms with Gasteiger partial charge < -0.3 is 34.6 Å². The molecule has 0 bridgehead atoms. The van der Waals surface area contributed by atoms with Crippen LogP contribution in [0.1, 0.15) is 12.8 Å². The normalized spacial score (nSPS) is 48.1. The Balaban J connectivity index is 1.63. The summed E-state index contributed by atoms with van der Waals surface area (Å²) in [6, 6.07) is 0. The molecule has 0 aromatic rings. The van der Waals surface area contributed by atoms with Crippen molar-refractivity contribution < 1.29 is 39.4 Å². The molecule has 2 heterocycles. The van der Waals surface area contributed by atoms with Crippen molar-refractivity contribution in [3.8, 4) is 0 Å². The maximum absolute atomic E-state index is 11.3. The topological polar surface area (TPSA) is 126 Å². The Hall–Kier alpha value is -1.03. The van der Waals surface area contributed by atoms with E-state index in [1.54, 1.807) is 6.08 Å². The van der Waals surface area contributed by atoms with Crippen molar-refractivity contribution in [2.24, 2.45) is 5.92 Å². The summed E-state index contributed by atoms with van der Waals surface area (Å²) < 4.78 is 16.1. The Labute approximate surface area is 126 Å². The Bertz CT molecular complexity index is 450.